The van der Waals surface area contributed by atoms with E-state index in [9.17, 15) is 8.78 Å². The van der Waals surface area contributed by atoms with E-state index >= 15 is 0 Å². The summed E-state index contributed by atoms with van der Waals surface area (Å²) in [5.41, 5.74) is 4.74. The molecule has 0 saturated heterocycles. The van der Waals surface area contributed by atoms with Gasteiger partial charge in [-0.2, -0.15) is 0 Å². The monoisotopic (exact) mass is 222 g/mol. The molecule has 0 radical (unpaired) electrons. The van der Waals surface area contributed by atoms with Crippen LogP contribution in [-0.4, -0.2) is 11.4 Å². The molecular formula is C12H12F2N2. The third-order valence-corrected chi connectivity index (χ3v) is 2.60. The third-order valence-electron chi connectivity index (χ3n) is 2.60. The number of benzene rings is 1. The maximum Gasteiger partial charge on any atom is 0.261 e. The van der Waals surface area contributed by atoms with Gasteiger partial charge < -0.3 is 5.73 Å². The van der Waals surface area contributed by atoms with E-state index in [0.717, 1.165) is 5.39 Å². The predicted molar refractivity (Wildman–Crippen MR) is 59.3 cm³/mol. The summed E-state index contributed by atoms with van der Waals surface area (Å²) in [5.74, 6) is 0. The largest absolute Gasteiger partial charge is 0.316 e. The van der Waals surface area contributed by atoms with Crippen molar-refractivity contribution in [3.8, 4) is 0 Å². The van der Waals surface area contributed by atoms with Crippen LogP contribution in [0, 0.1) is 0 Å². The highest BCUT2D eigenvalue weighted by Gasteiger charge is 2.33. The van der Waals surface area contributed by atoms with Crippen LogP contribution in [0.25, 0.3) is 10.9 Å². The lowest BCUT2D eigenvalue weighted by Gasteiger charge is -2.23. The van der Waals surface area contributed by atoms with E-state index in [1.807, 2.05) is 18.2 Å². The molecule has 2 aromatic rings. The fourth-order valence-electron chi connectivity index (χ4n) is 1.48. The van der Waals surface area contributed by atoms with Gasteiger partial charge in [0, 0.05) is 5.39 Å². The molecule has 1 atom stereocenters. The Bertz CT molecular complexity index is 509. The Morgan fingerprint density at radius 3 is 2.56 bits per heavy atom. The first-order valence-corrected chi connectivity index (χ1v) is 4.95. The quantitative estimate of drug-likeness (QED) is 0.848. The fraction of sp³-hybridized carbons (Fsp3) is 0.250. The van der Waals surface area contributed by atoms with Crippen molar-refractivity contribution in [1.82, 2.24) is 4.98 Å². The second-order valence-electron chi connectivity index (χ2n) is 3.97. The van der Waals surface area contributed by atoms with Gasteiger partial charge in [0.15, 0.2) is 0 Å². The molecule has 16 heavy (non-hydrogen) atoms. The van der Waals surface area contributed by atoms with Gasteiger partial charge in [-0.3, -0.25) is 4.98 Å². The van der Waals surface area contributed by atoms with Crippen LogP contribution in [0.5, 0.6) is 0 Å². The Morgan fingerprint density at radius 1 is 1.19 bits per heavy atom. The van der Waals surface area contributed by atoms with Crippen LogP contribution in [0.1, 0.15) is 12.6 Å². The van der Waals surface area contributed by atoms with E-state index in [1.165, 1.54) is 6.92 Å². The molecule has 0 aliphatic heterocycles. The second kappa shape index (κ2) is 3.79. The highest BCUT2D eigenvalue weighted by Crippen LogP contribution is 2.25. The number of fused-ring (bicyclic) bond motifs is 1. The molecule has 1 aromatic heterocycles. The summed E-state index contributed by atoms with van der Waals surface area (Å²) >= 11 is 0. The van der Waals surface area contributed by atoms with Crippen molar-refractivity contribution in [2.45, 2.75) is 18.9 Å². The van der Waals surface area contributed by atoms with E-state index in [0.29, 0.717) is 5.52 Å². The van der Waals surface area contributed by atoms with Gasteiger partial charge in [0.2, 0.25) is 0 Å². The zero-order valence-electron chi connectivity index (χ0n) is 8.82. The maximum atomic E-state index is 12.7. The molecule has 4 heteroatoms. The van der Waals surface area contributed by atoms with E-state index in [-0.39, 0.29) is 5.69 Å². The lowest BCUT2D eigenvalue weighted by molar-refractivity contribution is 0.0604. The molecule has 0 spiro atoms. The Morgan fingerprint density at radius 2 is 1.88 bits per heavy atom. The number of para-hydroxylation sites is 1. The minimum absolute atomic E-state index is 0.209. The molecule has 0 aliphatic carbocycles. The van der Waals surface area contributed by atoms with Crippen molar-refractivity contribution in [3.05, 3.63) is 42.1 Å². The molecule has 0 bridgehead atoms. The molecule has 1 aromatic carbocycles. The average molecular weight is 222 g/mol. The highest BCUT2D eigenvalue weighted by molar-refractivity contribution is 5.78. The number of nitrogens with two attached hydrogens (primary N) is 1. The highest BCUT2D eigenvalue weighted by atomic mass is 19.3. The molecule has 0 aliphatic rings. The molecule has 84 valence electrons. The number of halogens is 2. The molecular weight excluding hydrogens is 210 g/mol. The lowest BCUT2D eigenvalue weighted by Crippen LogP contribution is -2.41. The third kappa shape index (κ3) is 1.76. The summed E-state index contributed by atoms with van der Waals surface area (Å²) in [4.78, 5) is 4.16. The second-order valence-corrected chi connectivity index (χ2v) is 3.97. The van der Waals surface area contributed by atoms with Crippen molar-refractivity contribution in [2.24, 2.45) is 5.73 Å². The molecule has 0 amide bonds. The number of hydrogen-bond donors (Lipinski definition) is 1. The van der Waals surface area contributed by atoms with Crippen LogP contribution in [0.2, 0.25) is 0 Å². The normalized spacial score (nSPS) is 15.3. The van der Waals surface area contributed by atoms with Crippen molar-refractivity contribution in [2.75, 3.05) is 0 Å². The molecule has 1 heterocycles. The van der Waals surface area contributed by atoms with Crippen molar-refractivity contribution >= 4 is 10.9 Å². The standard InChI is InChI=1S/C12H12F2N2/c1-12(15,11(13)14)10-7-6-8-4-2-3-5-9(8)16-10/h2-7,11H,15H2,1H3. The molecule has 2 N–H and O–H groups in total. The number of rotatable bonds is 2. The van der Waals surface area contributed by atoms with Crippen LogP contribution >= 0.6 is 0 Å². The van der Waals surface area contributed by atoms with Gasteiger partial charge in [0.1, 0.15) is 5.54 Å². The number of hydrogen-bond acceptors (Lipinski definition) is 2. The first kappa shape index (κ1) is 11.0. The van der Waals surface area contributed by atoms with Gasteiger partial charge in [-0.25, -0.2) is 8.78 Å². The summed E-state index contributed by atoms with van der Waals surface area (Å²) in [6.07, 6.45) is -2.64. The van der Waals surface area contributed by atoms with E-state index in [1.54, 1.807) is 18.2 Å². The maximum absolute atomic E-state index is 12.7. The Kier molecular flexibility index (Phi) is 2.59. The molecule has 0 fully saturated rings. The zero-order valence-corrected chi connectivity index (χ0v) is 8.82. The minimum atomic E-state index is -2.64. The van der Waals surface area contributed by atoms with Crippen LogP contribution < -0.4 is 5.73 Å². The number of aromatic nitrogens is 1. The first-order chi connectivity index (χ1) is 7.51. The summed E-state index contributed by atoms with van der Waals surface area (Å²) in [6.45, 7) is 1.29. The van der Waals surface area contributed by atoms with Crippen molar-refractivity contribution in [1.29, 1.82) is 0 Å². The SMILES string of the molecule is CC(N)(c1ccc2ccccc2n1)C(F)F. The summed E-state index contributed by atoms with van der Waals surface area (Å²) in [5, 5.41) is 0.913. The number of nitrogens with zero attached hydrogens (tertiary/aromatic N) is 1. The minimum Gasteiger partial charge on any atom is -0.316 e. The first-order valence-electron chi connectivity index (χ1n) is 4.95. The van der Waals surface area contributed by atoms with Gasteiger partial charge in [0.05, 0.1) is 11.2 Å². The topological polar surface area (TPSA) is 38.9 Å². The Balaban J connectivity index is 2.55. The summed E-state index contributed by atoms with van der Waals surface area (Å²) in [7, 11) is 0. The fourth-order valence-corrected chi connectivity index (χ4v) is 1.48. The van der Waals surface area contributed by atoms with Gasteiger partial charge >= 0.3 is 0 Å². The molecule has 2 rings (SSSR count). The van der Waals surface area contributed by atoms with Crippen LogP contribution in [0.3, 0.4) is 0 Å². The van der Waals surface area contributed by atoms with E-state index < -0.39 is 12.0 Å². The van der Waals surface area contributed by atoms with Crippen LogP contribution in [-0.2, 0) is 5.54 Å². The van der Waals surface area contributed by atoms with Crippen molar-refractivity contribution < 1.29 is 8.78 Å². The molecule has 2 nitrogen and oxygen atoms in total. The van der Waals surface area contributed by atoms with Crippen LogP contribution in [0.15, 0.2) is 36.4 Å². The van der Waals surface area contributed by atoms with Gasteiger partial charge in [-0.15, -0.1) is 0 Å². The van der Waals surface area contributed by atoms with Gasteiger partial charge in [0.25, 0.3) is 6.43 Å². The Hall–Kier alpha value is -1.55. The van der Waals surface area contributed by atoms with Crippen molar-refractivity contribution in [3.63, 3.8) is 0 Å². The zero-order chi connectivity index (χ0) is 11.8. The van der Waals surface area contributed by atoms with Gasteiger partial charge in [-0.05, 0) is 19.1 Å². The smallest absolute Gasteiger partial charge is 0.261 e. The lowest BCUT2D eigenvalue weighted by atomic mass is 9.98. The summed E-state index contributed by atoms with van der Waals surface area (Å²) < 4.78 is 25.5. The number of pyridine rings is 1. The number of alkyl halides is 2. The predicted octanol–water partition coefficient (Wildman–Crippen LogP) is 2.67. The molecule has 1 unspecified atom stereocenters. The summed E-state index contributed by atoms with van der Waals surface area (Å²) in [6, 6.07) is 10.6. The average Bonchev–Trinajstić information content (AvgIpc) is 2.28. The van der Waals surface area contributed by atoms with Crippen LogP contribution in [0.4, 0.5) is 8.78 Å². The Labute approximate surface area is 92.1 Å². The van der Waals surface area contributed by atoms with Gasteiger partial charge in [-0.1, -0.05) is 24.3 Å². The van der Waals surface area contributed by atoms with E-state index in [4.69, 9.17) is 5.73 Å². The molecule has 0 saturated carbocycles. The van der Waals surface area contributed by atoms with E-state index in [2.05, 4.69) is 4.98 Å².